The molecule has 224 valence electrons. The number of fused-ring (bicyclic) bond motifs is 1. The van der Waals surface area contributed by atoms with E-state index in [-0.39, 0.29) is 59.7 Å². The van der Waals surface area contributed by atoms with Gasteiger partial charge in [0.05, 0.1) is 43.6 Å². The van der Waals surface area contributed by atoms with Crippen molar-refractivity contribution in [2.45, 2.75) is 72.2 Å². The lowest BCUT2D eigenvalue weighted by atomic mass is 9.92. The number of hydrogen-bond donors (Lipinski definition) is 1. The van der Waals surface area contributed by atoms with Crippen LogP contribution in [0.2, 0.25) is 0 Å². The molecule has 4 heterocycles. The van der Waals surface area contributed by atoms with E-state index in [4.69, 9.17) is 14.2 Å². The van der Waals surface area contributed by atoms with Crippen LogP contribution < -0.4 is 5.32 Å². The van der Waals surface area contributed by atoms with Gasteiger partial charge < -0.3 is 19.5 Å². The van der Waals surface area contributed by atoms with Gasteiger partial charge in [0.2, 0.25) is 0 Å². The van der Waals surface area contributed by atoms with Crippen LogP contribution in [0.5, 0.6) is 0 Å². The summed E-state index contributed by atoms with van der Waals surface area (Å²) in [7, 11) is 0. The minimum atomic E-state index is -2.95. The first-order chi connectivity index (χ1) is 19.2. The number of nitrogens with one attached hydrogen (secondary N) is 1. The van der Waals surface area contributed by atoms with Gasteiger partial charge in [0.1, 0.15) is 5.60 Å². The average molecular weight is 582 g/mol. The summed E-state index contributed by atoms with van der Waals surface area (Å²) < 4.78 is 59.1. The van der Waals surface area contributed by atoms with Crippen molar-refractivity contribution in [1.29, 1.82) is 0 Å². The zero-order valence-corrected chi connectivity index (χ0v) is 23.6. The zero-order chi connectivity index (χ0) is 30.1. The fourth-order valence-corrected chi connectivity index (χ4v) is 4.65. The van der Waals surface area contributed by atoms with Gasteiger partial charge in [-0.25, -0.2) is 23.8 Å². The molecular formula is C27H34F3N5O6. The normalized spacial score (nSPS) is 19.1. The molecule has 1 fully saturated rings. The van der Waals surface area contributed by atoms with E-state index in [1.807, 2.05) is 13.8 Å². The number of aromatic nitrogens is 3. The average Bonchev–Trinajstić information content (AvgIpc) is 3.50. The van der Waals surface area contributed by atoms with Crippen molar-refractivity contribution in [2.24, 2.45) is 11.8 Å². The topological polar surface area (TPSA) is 125 Å². The number of ether oxygens (including phenoxy) is 3. The summed E-state index contributed by atoms with van der Waals surface area (Å²) in [6, 6.07) is -0.461. The van der Waals surface area contributed by atoms with E-state index in [2.05, 4.69) is 15.4 Å². The van der Waals surface area contributed by atoms with Crippen molar-refractivity contribution in [2.75, 3.05) is 25.1 Å². The molecule has 2 aliphatic heterocycles. The number of amides is 2. The molecule has 11 nitrogen and oxygen atoms in total. The molecule has 2 aromatic rings. The van der Waals surface area contributed by atoms with Crippen LogP contribution in [0, 0.1) is 17.7 Å². The summed E-state index contributed by atoms with van der Waals surface area (Å²) in [6.07, 6.45) is 1.54. The third kappa shape index (κ3) is 6.97. The monoisotopic (exact) mass is 581 g/mol. The minimum absolute atomic E-state index is 0.00270. The van der Waals surface area contributed by atoms with Crippen LogP contribution in [0.1, 0.15) is 69.9 Å². The molecule has 2 aromatic heterocycles. The smallest absolute Gasteiger partial charge is 0.417 e. The highest BCUT2D eigenvalue weighted by molar-refractivity contribution is 6.10. The fourth-order valence-electron chi connectivity index (χ4n) is 4.65. The Morgan fingerprint density at radius 3 is 2.63 bits per heavy atom. The van der Waals surface area contributed by atoms with Crippen molar-refractivity contribution in [3.05, 3.63) is 29.3 Å². The third-order valence-corrected chi connectivity index (χ3v) is 6.49. The second kappa shape index (κ2) is 12.0. The Kier molecular flexibility index (Phi) is 8.90. The van der Waals surface area contributed by atoms with Gasteiger partial charge in [-0.15, -0.1) is 0 Å². The van der Waals surface area contributed by atoms with Crippen LogP contribution in [0.3, 0.4) is 0 Å². The lowest BCUT2D eigenvalue weighted by molar-refractivity contribution is -0.157. The van der Waals surface area contributed by atoms with Gasteiger partial charge in [-0.1, -0.05) is 13.8 Å². The van der Waals surface area contributed by atoms with E-state index in [9.17, 15) is 23.2 Å². The highest BCUT2D eigenvalue weighted by Crippen LogP contribution is 2.37. The van der Waals surface area contributed by atoms with Crippen LogP contribution in [0.25, 0.3) is 11.3 Å². The van der Waals surface area contributed by atoms with Gasteiger partial charge in [-0.3, -0.25) is 9.59 Å². The zero-order valence-electron chi connectivity index (χ0n) is 23.6. The molecular weight excluding hydrogens is 547 g/mol. The van der Waals surface area contributed by atoms with Crippen LogP contribution in [0.4, 0.5) is 23.8 Å². The summed E-state index contributed by atoms with van der Waals surface area (Å²) in [5, 5.41) is 6.66. The van der Waals surface area contributed by atoms with E-state index in [1.165, 1.54) is 0 Å². The Morgan fingerprint density at radius 1 is 1.27 bits per heavy atom. The molecule has 0 unspecified atom stereocenters. The van der Waals surface area contributed by atoms with Crippen LogP contribution in [-0.4, -0.2) is 69.1 Å². The van der Waals surface area contributed by atoms with Gasteiger partial charge in [0, 0.05) is 35.9 Å². The first-order valence-corrected chi connectivity index (χ1v) is 13.3. The van der Waals surface area contributed by atoms with Crippen LogP contribution in [0.15, 0.2) is 12.4 Å². The maximum absolute atomic E-state index is 16.0. The highest BCUT2D eigenvalue weighted by Gasteiger charge is 2.40. The van der Waals surface area contributed by atoms with Crippen molar-refractivity contribution < 1.29 is 41.8 Å². The molecule has 0 spiro atoms. The number of anilines is 1. The van der Waals surface area contributed by atoms with Gasteiger partial charge in [0.15, 0.2) is 11.6 Å². The number of nitrogens with zero attached hydrogens (tertiary/aromatic N) is 4. The Morgan fingerprint density at radius 2 is 2.00 bits per heavy atom. The summed E-state index contributed by atoms with van der Waals surface area (Å²) in [5.74, 6) is -2.82. The van der Waals surface area contributed by atoms with E-state index in [1.54, 1.807) is 20.8 Å². The summed E-state index contributed by atoms with van der Waals surface area (Å²) in [5.41, 5.74) is -1.14. The lowest BCUT2D eigenvalue weighted by Crippen LogP contribution is -2.40. The van der Waals surface area contributed by atoms with Gasteiger partial charge in [-0.05, 0) is 33.1 Å². The number of rotatable bonds is 8. The first-order valence-electron chi connectivity index (χ1n) is 13.3. The molecule has 1 N–H and O–H groups in total. The Labute approximate surface area is 235 Å². The second-order valence-electron chi connectivity index (χ2n) is 11.5. The number of hydrogen-bond acceptors (Lipinski definition) is 9. The molecule has 2 amide bonds. The number of carbonyl (C=O) groups excluding carboxylic acids is 3. The Hall–Kier alpha value is -3.68. The Bertz CT molecular complexity index is 1310. The number of carbonyl (C=O) groups is 3. The number of halogens is 3. The second-order valence-corrected chi connectivity index (χ2v) is 11.5. The fraction of sp³-hybridized carbons (Fsp3) is 0.593. The van der Waals surface area contributed by atoms with Crippen molar-refractivity contribution in [3.63, 3.8) is 0 Å². The largest absolute Gasteiger partial charge is 0.460 e. The molecule has 1 saturated heterocycles. The Balaban J connectivity index is 1.69. The van der Waals surface area contributed by atoms with E-state index in [0.29, 0.717) is 17.7 Å². The summed E-state index contributed by atoms with van der Waals surface area (Å²) in [4.78, 5) is 43.6. The molecule has 0 radical (unpaired) electrons. The van der Waals surface area contributed by atoms with Crippen molar-refractivity contribution in [3.8, 4) is 11.3 Å². The number of esters is 1. The molecule has 2 atom stereocenters. The third-order valence-electron chi connectivity index (χ3n) is 6.49. The molecule has 4 rings (SSSR count). The molecule has 0 bridgehead atoms. The SMILES string of the molecule is CC(C)COC(=O)N1Cc2c(F)c(N[C@@H]3CCOC[C@@H]3CC(=O)OC(C)(C)C)nc(-c3cnn(C(F)F)c3)c2C1=O. The number of imide groups is 1. The number of pyridine rings is 1. The predicted octanol–water partition coefficient (Wildman–Crippen LogP) is 4.78. The number of alkyl halides is 2. The molecule has 0 aliphatic carbocycles. The van der Waals surface area contributed by atoms with Crippen molar-refractivity contribution in [1.82, 2.24) is 19.7 Å². The highest BCUT2D eigenvalue weighted by atomic mass is 19.3. The van der Waals surface area contributed by atoms with Crippen LogP contribution >= 0.6 is 0 Å². The molecule has 0 saturated carbocycles. The van der Waals surface area contributed by atoms with Crippen LogP contribution in [-0.2, 0) is 25.5 Å². The standard InChI is InChI=1S/C27H34F3N5O6/c1-14(2)12-40-26(38)34-11-17-20(24(34)37)22(16-9-31-35(10-16)25(29)30)33-23(21(17)28)32-18-6-7-39-13-15(18)8-19(36)41-27(3,4)5/h9-10,14-15,18,25H,6-8,11-13H2,1-5H3,(H,32,33)/t15-,18+/m0/s1. The van der Waals surface area contributed by atoms with E-state index < -0.39 is 48.5 Å². The van der Waals surface area contributed by atoms with Gasteiger partial charge in [-0.2, -0.15) is 13.9 Å². The van der Waals surface area contributed by atoms with E-state index in [0.717, 1.165) is 17.3 Å². The minimum Gasteiger partial charge on any atom is -0.460 e. The van der Waals surface area contributed by atoms with Crippen molar-refractivity contribution >= 4 is 23.8 Å². The van der Waals surface area contributed by atoms with Gasteiger partial charge in [0.25, 0.3) is 5.91 Å². The molecule has 0 aromatic carbocycles. The first kappa shape index (κ1) is 30.3. The predicted molar refractivity (Wildman–Crippen MR) is 140 cm³/mol. The van der Waals surface area contributed by atoms with E-state index >= 15 is 4.39 Å². The summed E-state index contributed by atoms with van der Waals surface area (Å²) >= 11 is 0. The lowest BCUT2D eigenvalue weighted by Gasteiger charge is -2.33. The molecule has 41 heavy (non-hydrogen) atoms. The van der Waals surface area contributed by atoms with Gasteiger partial charge >= 0.3 is 18.6 Å². The maximum Gasteiger partial charge on any atom is 0.417 e. The molecule has 14 heteroatoms. The maximum atomic E-state index is 16.0. The summed E-state index contributed by atoms with van der Waals surface area (Å²) in [6.45, 7) is 6.11. The molecule has 2 aliphatic rings. The quantitative estimate of drug-likeness (QED) is 0.439.